The van der Waals surface area contributed by atoms with Gasteiger partial charge in [0.05, 0.1) is 16.2 Å². The summed E-state index contributed by atoms with van der Waals surface area (Å²) in [6.45, 7) is 0.811. The zero-order valence-corrected chi connectivity index (χ0v) is 12.8. The Labute approximate surface area is 132 Å². The molecule has 0 bridgehead atoms. The van der Waals surface area contributed by atoms with E-state index in [2.05, 4.69) is 10.4 Å². The highest BCUT2D eigenvalue weighted by atomic mass is 35.5. The summed E-state index contributed by atoms with van der Waals surface area (Å²) in [7, 11) is 1.91. The van der Waals surface area contributed by atoms with E-state index in [1.807, 2.05) is 43.4 Å². The normalized spacial score (nSPS) is 11.0. The Balaban J connectivity index is 2.07. The van der Waals surface area contributed by atoms with Crippen LogP contribution in [-0.2, 0) is 6.54 Å². The van der Waals surface area contributed by atoms with Crippen molar-refractivity contribution < 1.29 is 4.79 Å². The summed E-state index contributed by atoms with van der Waals surface area (Å²) in [5.41, 5.74) is 9.20. The maximum Gasteiger partial charge on any atom is 0.267 e. The number of nitrogens with one attached hydrogen (secondary N) is 1. The van der Waals surface area contributed by atoms with Crippen LogP contribution < -0.4 is 11.1 Å². The van der Waals surface area contributed by atoms with Gasteiger partial charge in [-0.15, -0.1) is 0 Å². The first-order valence-electron chi connectivity index (χ1n) is 6.82. The lowest BCUT2D eigenvalue weighted by Crippen LogP contribution is -2.14. The van der Waals surface area contributed by atoms with Gasteiger partial charge in [0.25, 0.3) is 5.91 Å². The molecule has 0 aliphatic rings. The highest BCUT2D eigenvalue weighted by Crippen LogP contribution is 2.24. The minimum Gasteiger partial charge on any atom is -0.364 e. The van der Waals surface area contributed by atoms with Crippen LogP contribution in [0.5, 0.6) is 0 Å². The van der Waals surface area contributed by atoms with Crippen LogP contribution in [0.2, 0.25) is 5.02 Å². The number of fused-ring (bicyclic) bond motifs is 1. The quantitative estimate of drug-likeness (QED) is 0.777. The van der Waals surface area contributed by atoms with Crippen LogP contribution >= 0.6 is 11.6 Å². The summed E-state index contributed by atoms with van der Waals surface area (Å²) in [5.74, 6) is -0.559. The van der Waals surface area contributed by atoms with Crippen molar-refractivity contribution in [3.05, 3.63) is 58.7 Å². The van der Waals surface area contributed by atoms with Crippen LogP contribution in [0.1, 0.15) is 16.1 Å². The van der Waals surface area contributed by atoms with Crippen molar-refractivity contribution in [1.82, 2.24) is 14.9 Å². The lowest BCUT2D eigenvalue weighted by molar-refractivity contribution is 0.0994. The van der Waals surface area contributed by atoms with Crippen LogP contribution in [0.3, 0.4) is 0 Å². The molecule has 0 fully saturated rings. The lowest BCUT2D eigenvalue weighted by Gasteiger charge is -2.05. The number of aromatic nitrogens is 2. The molecule has 112 valence electrons. The van der Waals surface area contributed by atoms with E-state index in [0.29, 0.717) is 10.5 Å². The summed E-state index contributed by atoms with van der Waals surface area (Å²) >= 11 is 6.10. The number of hydrogen-bond donors (Lipinski definition) is 2. The van der Waals surface area contributed by atoms with Gasteiger partial charge in [0.2, 0.25) is 0 Å². The van der Waals surface area contributed by atoms with Crippen molar-refractivity contribution in [1.29, 1.82) is 0 Å². The van der Waals surface area contributed by atoms with E-state index in [9.17, 15) is 4.79 Å². The minimum atomic E-state index is -0.559. The minimum absolute atomic E-state index is 0.272. The molecule has 2 aromatic heterocycles. The number of rotatable bonds is 4. The summed E-state index contributed by atoms with van der Waals surface area (Å²) in [5, 5.41) is 8.04. The molecule has 0 atom stereocenters. The zero-order valence-electron chi connectivity index (χ0n) is 12.0. The van der Waals surface area contributed by atoms with Gasteiger partial charge in [-0.1, -0.05) is 35.9 Å². The smallest absolute Gasteiger partial charge is 0.267 e. The number of amides is 1. The van der Waals surface area contributed by atoms with Gasteiger partial charge < -0.3 is 11.1 Å². The van der Waals surface area contributed by atoms with Gasteiger partial charge in [0, 0.05) is 12.1 Å². The fraction of sp³-hybridized carbons (Fsp3) is 0.125. The number of benzene rings is 1. The Hall–Kier alpha value is -2.37. The van der Waals surface area contributed by atoms with E-state index >= 15 is 0 Å². The molecule has 3 N–H and O–H groups in total. The van der Waals surface area contributed by atoms with Gasteiger partial charge in [0.1, 0.15) is 5.69 Å². The number of nitrogens with zero attached hydrogens (tertiary/aromatic N) is 2. The maximum atomic E-state index is 11.5. The van der Waals surface area contributed by atoms with Crippen molar-refractivity contribution in [3.8, 4) is 11.3 Å². The lowest BCUT2D eigenvalue weighted by atomic mass is 10.1. The standard InChI is InChI=1S/C16H15ClN4O/c1-19-9-10-2-4-11(5-3-10)13-6-7-14-12(17)8-15(16(18)22)21(14)20-13/h2-8,19H,9H2,1H3,(H2,18,22). The highest BCUT2D eigenvalue weighted by Gasteiger charge is 2.13. The van der Waals surface area contributed by atoms with Crippen molar-refractivity contribution >= 4 is 23.0 Å². The van der Waals surface area contributed by atoms with Gasteiger partial charge in [-0.3, -0.25) is 4.79 Å². The van der Waals surface area contributed by atoms with Gasteiger partial charge >= 0.3 is 0 Å². The topological polar surface area (TPSA) is 72.4 Å². The Morgan fingerprint density at radius 3 is 2.64 bits per heavy atom. The van der Waals surface area contributed by atoms with E-state index in [4.69, 9.17) is 17.3 Å². The largest absolute Gasteiger partial charge is 0.364 e. The molecule has 0 aliphatic heterocycles. The first kappa shape index (κ1) is 14.6. The predicted molar refractivity (Wildman–Crippen MR) is 86.9 cm³/mol. The Kier molecular flexibility index (Phi) is 3.83. The molecule has 0 aliphatic carbocycles. The fourth-order valence-electron chi connectivity index (χ4n) is 2.37. The van der Waals surface area contributed by atoms with Crippen LogP contribution in [-0.4, -0.2) is 22.6 Å². The second-order valence-corrected chi connectivity index (χ2v) is 5.39. The highest BCUT2D eigenvalue weighted by molar-refractivity contribution is 6.34. The van der Waals surface area contributed by atoms with Crippen LogP contribution in [0.25, 0.3) is 16.8 Å². The van der Waals surface area contributed by atoms with Gasteiger partial charge in [-0.05, 0) is 30.8 Å². The molecule has 0 saturated heterocycles. The van der Waals surface area contributed by atoms with E-state index in [0.717, 1.165) is 17.8 Å². The first-order chi connectivity index (χ1) is 10.6. The number of carbonyl (C=O) groups excluding carboxylic acids is 1. The van der Waals surface area contributed by atoms with Crippen LogP contribution in [0, 0.1) is 0 Å². The van der Waals surface area contributed by atoms with Crippen LogP contribution in [0.4, 0.5) is 0 Å². The molecule has 6 heteroatoms. The summed E-state index contributed by atoms with van der Waals surface area (Å²) < 4.78 is 1.49. The zero-order chi connectivity index (χ0) is 15.7. The van der Waals surface area contributed by atoms with Crippen LogP contribution in [0.15, 0.2) is 42.5 Å². The molecule has 0 radical (unpaired) electrons. The van der Waals surface area contributed by atoms with Crippen molar-refractivity contribution in [2.24, 2.45) is 5.73 Å². The molecule has 3 aromatic rings. The molecule has 3 rings (SSSR count). The Bertz CT molecular complexity index is 839. The molecule has 22 heavy (non-hydrogen) atoms. The summed E-state index contributed by atoms with van der Waals surface area (Å²) in [6, 6.07) is 13.3. The number of hydrogen-bond acceptors (Lipinski definition) is 3. The van der Waals surface area contributed by atoms with Gasteiger partial charge in [0.15, 0.2) is 0 Å². The molecular weight excluding hydrogens is 300 g/mol. The van der Waals surface area contributed by atoms with E-state index in [-0.39, 0.29) is 5.69 Å². The number of carbonyl (C=O) groups is 1. The second kappa shape index (κ2) is 5.79. The SMILES string of the molecule is CNCc1ccc(-c2ccc3c(Cl)cc(C(N)=O)n3n2)cc1. The first-order valence-corrected chi connectivity index (χ1v) is 7.20. The van der Waals surface area contributed by atoms with Crippen molar-refractivity contribution in [2.45, 2.75) is 6.54 Å². The molecule has 1 amide bonds. The maximum absolute atomic E-state index is 11.5. The molecule has 1 aromatic carbocycles. The average molecular weight is 315 g/mol. The average Bonchev–Trinajstić information content (AvgIpc) is 2.85. The number of primary amides is 1. The van der Waals surface area contributed by atoms with E-state index in [1.54, 1.807) is 0 Å². The summed E-state index contributed by atoms with van der Waals surface area (Å²) in [6.07, 6.45) is 0. The van der Waals surface area contributed by atoms with Crippen molar-refractivity contribution in [3.63, 3.8) is 0 Å². The molecule has 5 nitrogen and oxygen atoms in total. The third-order valence-corrected chi connectivity index (χ3v) is 3.76. The predicted octanol–water partition coefficient (Wildman–Crippen LogP) is 2.47. The number of halogens is 1. The van der Waals surface area contributed by atoms with Gasteiger partial charge in [-0.25, -0.2) is 4.52 Å². The van der Waals surface area contributed by atoms with E-state index < -0.39 is 5.91 Å². The molecule has 0 unspecified atom stereocenters. The van der Waals surface area contributed by atoms with Crippen molar-refractivity contribution in [2.75, 3.05) is 7.05 Å². The molecule has 2 heterocycles. The molecular formula is C16H15ClN4O. The summed E-state index contributed by atoms with van der Waals surface area (Å²) in [4.78, 5) is 11.5. The third-order valence-electron chi connectivity index (χ3n) is 3.45. The Morgan fingerprint density at radius 1 is 1.27 bits per heavy atom. The molecule has 0 saturated carbocycles. The van der Waals surface area contributed by atoms with E-state index in [1.165, 1.54) is 16.1 Å². The van der Waals surface area contributed by atoms with Gasteiger partial charge in [-0.2, -0.15) is 5.10 Å². The monoisotopic (exact) mass is 314 g/mol. The Morgan fingerprint density at radius 2 is 2.00 bits per heavy atom. The number of nitrogens with two attached hydrogens (primary N) is 1. The fourth-order valence-corrected chi connectivity index (χ4v) is 2.62. The molecule has 0 spiro atoms. The second-order valence-electron chi connectivity index (χ2n) is 4.98. The third kappa shape index (κ3) is 2.56.